The fourth-order valence-electron chi connectivity index (χ4n) is 2.06. The number of rotatable bonds is 4. The molecule has 2 aromatic rings. The zero-order valence-corrected chi connectivity index (χ0v) is 13.0. The second-order valence-corrected chi connectivity index (χ2v) is 6.24. The Balaban J connectivity index is 1.73. The summed E-state index contributed by atoms with van der Waals surface area (Å²) in [6.45, 7) is 0.312. The molecular formula is C15H12ClN3O2S. The van der Waals surface area contributed by atoms with Gasteiger partial charge in [0.2, 0.25) is 0 Å². The van der Waals surface area contributed by atoms with E-state index in [1.807, 2.05) is 6.07 Å². The monoisotopic (exact) mass is 333 g/mol. The Labute approximate surface area is 136 Å². The first kappa shape index (κ1) is 14.9. The van der Waals surface area contributed by atoms with E-state index in [1.54, 1.807) is 42.7 Å². The third-order valence-corrected chi connectivity index (χ3v) is 4.85. The Kier molecular flexibility index (Phi) is 4.31. The van der Waals surface area contributed by atoms with Gasteiger partial charge in [0.15, 0.2) is 5.25 Å². The molecule has 2 heterocycles. The molecule has 112 valence electrons. The van der Waals surface area contributed by atoms with Crippen LogP contribution in [0.15, 0.2) is 53.7 Å². The summed E-state index contributed by atoms with van der Waals surface area (Å²) in [5.74, 6) is -0.601. The van der Waals surface area contributed by atoms with Crippen molar-refractivity contribution < 1.29 is 9.59 Å². The van der Waals surface area contributed by atoms with Crippen molar-refractivity contribution in [2.24, 2.45) is 0 Å². The Morgan fingerprint density at radius 3 is 2.64 bits per heavy atom. The van der Waals surface area contributed by atoms with Crippen LogP contribution in [0, 0.1) is 0 Å². The first-order valence-electron chi connectivity index (χ1n) is 6.57. The maximum absolute atomic E-state index is 12.4. The van der Waals surface area contributed by atoms with Crippen molar-refractivity contribution in [1.29, 1.82) is 0 Å². The van der Waals surface area contributed by atoms with Crippen LogP contribution < -0.4 is 5.43 Å². The Morgan fingerprint density at radius 1 is 1.18 bits per heavy atom. The number of hydrogen-bond donors (Lipinski definition) is 1. The summed E-state index contributed by atoms with van der Waals surface area (Å²) in [5, 5.41) is 1.04. The molecule has 0 spiro atoms. The van der Waals surface area contributed by atoms with Gasteiger partial charge >= 0.3 is 0 Å². The van der Waals surface area contributed by atoms with Gasteiger partial charge in [0.1, 0.15) is 0 Å². The van der Waals surface area contributed by atoms with Crippen molar-refractivity contribution in [1.82, 2.24) is 15.4 Å². The number of benzene rings is 1. The molecule has 0 radical (unpaired) electrons. The van der Waals surface area contributed by atoms with Crippen molar-refractivity contribution in [3.05, 3.63) is 59.4 Å². The quantitative estimate of drug-likeness (QED) is 0.872. The van der Waals surface area contributed by atoms with Crippen molar-refractivity contribution in [2.75, 3.05) is 0 Å². The second-order valence-electron chi connectivity index (χ2n) is 4.68. The van der Waals surface area contributed by atoms with Crippen LogP contribution in [-0.4, -0.2) is 27.1 Å². The molecule has 0 aliphatic carbocycles. The van der Waals surface area contributed by atoms with Crippen LogP contribution in [0.4, 0.5) is 0 Å². The molecule has 7 heteroatoms. The van der Waals surface area contributed by atoms with Gasteiger partial charge in [0.25, 0.3) is 11.8 Å². The van der Waals surface area contributed by atoms with Crippen molar-refractivity contribution in [3.8, 4) is 0 Å². The number of hydrogen-bond acceptors (Lipinski definition) is 4. The maximum atomic E-state index is 12.4. The van der Waals surface area contributed by atoms with Gasteiger partial charge in [-0.3, -0.25) is 20.0 Å². The fraction of sp³-hybridized carbons (Fsp3) is 0.133. The highest BCUT2D eigenvalue weighted by molar-refractivity contribution is 8.01. The summed E-state index contributed by atoms with van der Waals surface area (Å²) < 4.78 is 0. The van der Waals surface area contributed by atoms with Crippen molar-refractivity contribution in [3.63, 3.8) is 0 Å². The normalized spacial score (nSPS) is 17.7. The van der Waals surface area contributed by atoms with E-state index >= 15 is 0 Å². The molecule has 2 amide bonds. The van der Waals surface area contributed by atoms with Gasteiger partial charge in [-0.15, -0.1) is 11.8 Å². The Morgan fingerprint density at radius 2 is 1.91 bits per heavy atom. The molecule has 0 saturated carbocycles. The minimum Gasteiger partial charge on any atom is -0.271 e. The minimum atomic E-state index is -0.818. The lowest BCUT2D eigenvalue weighted by atomic mass is 10.2. The summed E-state index contributed by atoms with van der Waals surface area (Å²) in [6.07, 6.45) is 3.29. The topological polar surface area (TPSA) is 62.3 Å². The third kappa shape index (κ3) is 3.08. The molecule has 1 aliphatic rings. The van der Waals surface area contributed by atoms with E-state index in [0.29, 0.717) is 16.5 Å². The van der Waals surface area contributed by atoms with Crippen LogP contribution in [0.1, 0.15) is 5.56 Å². The van der Waals surface area contributed by atoms with Gasteiger partial charge in [0, 0.05) is 17.3 Å². The van der Waals surface area contributed by atoms with Gasteiger partial charge in [-0.2, -0.15) is 0 Å². The molecule has 3 rings (SSSR count). The van der Waals surface area contributed by atoms with Crippen molar-refractivity contribution in [2.45, 2.75) is 16.7 Å². The van der Waals surface area contributed by atoms with Gasteiger partial charge in [0.05, 0.1) is 11.6 Å². The summed E-state index contributed by atoms with van der Waals surface area (Å²) in [7, 11) is 0. The summed E-state index contributed by atoms with van der Waals surface area (Å²) in [5.41, 5.74) is 3.50. The Hall–Kier alpha value is -2.05. The van der Waals surface area contributed by atoms with E-state index in [4.69, 9.17) is 11.6 Å². The van der Waals surface area contributed by atoms with E-state index in [0.717, 1.165) is 17.3 Å². The SMILES string of the molecule is O=C1NN(Cc2ccncc2)C(=O)C1Sc1ccccc1Cl. The lowest BCUT2D eigenvalue weighted by Crippen LogP contribution is -2.35. The average Bonchev–Trinajstić information content (AvgIpc) is 2.78. The first-order valence-corrected chi connectivity index (χ1v) is 7.83. The number of amides is 2. The highest BCUT2D eigenvalue weighted by atomic mass is 35.5. The fourth-order valence-corrected chi connectivity index (χ4v) is 3.31. The molecular weight excluding hydrogens is 322 g/mol. The molecule has 1 unspecified atom stereocenters. The highest BCUT2D eigenvalue weighted by Crippen LogP contribution is 2.32. The minimum absolute atomic E-state index is 0.272. The van der Waals surface area contributed by atoms with Crippen LogP contribution in [0.5, 0.6) is 0 Å². The van der Waals surface area contributed by atoms with Gasteiger partial charge in [-0.25, -0.2) is 5.01 Å². The summed E-state index contributed by atoms with van der Waals surface area (Å²) in [4.78, 5) is 29.1. The van der Waals surface area contributed by atoms with Crippen molar-refractivity contribution >= 4 is 35.2 Å². The number of halogens is 1. The first-order chi connectivity index (χ1) is 10.6. The van der Waals surface area contributed by atoms with Gasteiger partial charge in [-0.05, 0) is 29.8 Å². The van der Waals surface area contributed by atoms with Crippen LogP contribution in [0.2, 0.25) is 5.02 Å². The van der Waals surface area contributed by atoms with Gasteiger partial charge < -0.3 is 0 Å². The van der Waals surface area contributed by atoms with E-state index in [1.165, 1.54) is 5.01 Å². The number of thioether (sulfide) groups is 1. The van der Waals surface area contributed by atoms with E-state index < -0.39 is 5.25 Å². The van der Waals surface area contributed by atoms with Gasteiger partial charge in [-0.1, -0.05) is 23.7 Å². The van der Waals surface area contributed by atoms with E-state index in [9.17, 15) is 9.59 Å². The molecule has 1 N–H and O–H groups in total. The summed E-state index contributed by atoms with van der Waals surface area (Å²) >= 11 is 7.24. The number of nitrogens with one attached hydrogen (secondary N) is 1. The molecule has 1 aromatic carbocycles. The van der Waals surface area contributed by atoms with Crippen LogP contribution in [-0.2, 0) is 16.1 Å². The molecule has 5 nitrogen and oxygen atoms in total. The molecule has 1 fully saturated rings. The predicted molar refractivity (Wildman–Crippen MR) is 84.0 cm³/mol. The van der Waals surface area contributed by atoms with Crippen LogP contribution >= 0.6 is 23.4 Å². The number of nitrogens with zero attached hydrogens (tertiary/aromatic N) is 2. The standard InChI is InChI=1S/C15H12ClN3O2S/c16-11-3-1-2-4-12(11)22-13-14(20)18-19(15(13)21)9-10-5-7-17-8-6-10/h1-8,13H,9H2,(H,18,20). The van der Waals surface area contributed by atoms with Crippen LogP contribution in [0.3, 0.4) is 0 Å². The maximum Gasteiger partial charge on any atom is 0.264 e. The predicted octanol–water partition coefficient (Wildman–Crippen LogP) is 2.27. The second kappa shape index (κ2) is 6.37. The molecule has 1 saturated heterocycles. The number of hydrazine groups is 1. The smallest absolute Gasteiger partial charge is 0.264 e. The largest absolute Gasteiger partial charge is 0.271 e. The number of pyridine rings is 1. The number of aromatic nitrogens is 1. The molecule has 0 bridgehead atoms. The Bertz CT molecular complexity index is 711. The molecule has 22 heavy (non-hydrogen) atoms. The zero-order valence-electron chi connectivity index (χ0n) is 11.4. The van der Waals surface area contributed by atoms with E-state index in [2.05, 4.69) is 10.4 Å². The average molecular weight is 334 g/mol. The van der Waals surface area contributed by atoms with E-state index in [-0.39, 0.29) is 11.8 Å². The number of carbonyl (C=O) groups is 2. The lowest BCUT2D eigenvalue weighted by Gasteiger charge is -2.15. The van der Waals surface area contributed by atoms with Crippen LogP contribution in [0.25, 0.3) is 0 Å². The summed E-state index contributed by atoms with van der Waals surface area (Å²) in [6, 6.07) is 10.7. The molecule has 1 aliphatic heterocycles. The lowest BCUT2D eigenvalue weighted by molar-refractivity contribution is -0.130. The molecule has 1 atom stereocenters. The number of carbonyl (C=O) groups excluding carboxylic acids is 2. The highest BCUT2D eigenvalue weighted by Gasteiger charge is 2.40. The molecule has 1 aromatic heterocycles. The zero-order chi connectivity index (χ0) is 15.5. The third-order valence-electron chi connectivity index (χ3n) is 3.15.